The van der Waals surface area contributed by atoms with Crippen LogP contribution in [0.5, 0.6) is 0 Å². The van der Waals surface area contributed by atoms with Crippen LogP contribution >= 0.6 is 0 Å². The van der Waals surface area contributed by atoms with Crippen molar-refractivity contribution in [3.63, 3.8) is 0 Å². The van der Waals surface area contributed by atoms with E-state index in [4.69, 9.17) is 0 Å². The lowest BCUT2D eigenvalue weighted by molar-refractivity contribution is -0.255. The molecule has 6 aliphatic carbocycles. The van der Waals surface area contributed by atoms with Crippen molar-refractivity contribution < 1.29 is 9.59 Å². The van der Waals surface area contributed by atoms with E-state index in [2.05, 4.69) is 16.7 Å². The molecule has 0 aromatic heterocycles. The van der Waals surface area contributed by atoms with Crippen LogP contribution in [0.25, 0.3) is 0 Å². The molecule has 1 heterocycles. The van der Waals surface area contributed by atoms with Gasteiger partial charge in [0.1, 0.15) is 5.78 Å². The van der Waals surface area contributed by atoms with Gasteiger partial charge in [-0.3, -0.25) is 9.59 Å². The molecule has 7 rings (SSSR count). The Balaban J connectivity index is 1.27. The van der Waals surface area contributed by atoms with Crippen LogP contribution in [0.15, 0.2) is 0 Å². The molecule has 1 saturated heterocycles. The highest BCUT2D eigenvalue weighted by Gasteiger charge is 2.96. The summed E-state index contributed by atoms with van der Waals surface area (Å²) in [5.41, 5.74) is -0.190. The topological polar surface area (TPSA) is 40.6 Å². The molecule has 8 atom stereocenters. The Morgan fingerprint density at radius 2 is 2.04 bits per heavy atom. The highest BCUT2D eigenvalue weighted by molar-refractivity contribution is 6.04. The van der Waals surface area contributed by atoms with Crippen LogP contribution in [0.4, 0.5) is 0 Å². The number of carbonyl (C=O) groups excluding carboxylic acids is 2. The molecule has 124 valence electrons. The lowest BCUT2D eigenvalue weighted by atomic mass is 9.31. The predicted molar refractivity (Wildman–Crippen MR) is 84.4 cm³/mol. The van der Waals surface area contributed by atoms with Gasteiger partial charge in [-0.25, -0.2) is 0 Å². The highest BCUT2D eigenvalue weighted by atomic mass is 16.2. The molecule has 0 unspecified atom stereocenters. The van der Waals surface area contributed by atoms with Crippen molar-refractivity contribution >= 4 is 11.7 Å². The number of hydrogen-bond acceptors (Lipinski definition) is 3. The van der Waals surface area contributed by atoms with E-state index >= 15 is 0 Å². The molecule has 0 aromatic rings. The van der Waals surface area contributed by atoms with E-state index in [1.54, 1.807) is 0 Å². The number of hydrogen-bond donors (Lipinski definition) is 0. The summed E-state index contributed by atoms with van der Waals surface area (Å²) in [5, 5.41) is 0. The van der Waals surface area contributed by atoms with Crippen molar-refractivity contribution in [1.82, 2.24) is 9.80 Å². The Labute approximate surface area is 137 Å². The third-order valence-electron chi connectivity index (χ3n) is 8.65. The van der Waals surface area contributed by atoms with Crippen molar-refractivity contribution in [1.29, 1.82) is 0 Å². The number of nitrogens with zero attached hydrogens (tertiary/aromatic N) is 2. The summed E-state index contributed by atoms with van der Waals surface area (Å²) in [4.78, 5) is 30.8. The van der Waals surface area contributed by atoms with E-state index in [0.717, 1.165) is 45.1 Å². The molecule has 23 heavy (non-hydrogen) atoms. The maximum Gasteiger partial charge on any atom is 0.230 e. The summed E-state index contributed by atoms with van der Waals surface area (Å²) in [6, 6.07) is 0. The van der Waals surface area contributed by atoms with E-state index in [1.165, 1.54) is 12.8 Å². The van der Waals surface area contributed by atoms with Crippen molar-refractivity contribution in [3.8, 4) is 0 Å². The molecule has 4 nitrogen and oxygen atoms in total. The SMILES string of the molecule is CCCN1CCCN(C(=O)[C@]23[C@@H]4[C@H]5C[C@@H]6[C@H](C(=O)[C@H]2[C@H]64)[C@H]53)CC1. The smallest absolute Gasteiger partial charge is 0.230 e. The quantitative estimate of drug-likeness (QED) is 0.787. The van der Waals surface area contributed by atoms with E-state index in [-0.39, 0.29) is 11.3 Å². The minimum absolute atomic E-state index is 0.147. The Kier molecular flexibility index (Phi) is 2.34. The second kappa shape index (κ2) is 4.01. The van der Waals surface area contributed by atoms with E-state index < -0.39 is 0 Å². The molecule has 6 saturated carbocycles. The normalized spacial score (nSPS) is 55.1. The van der Waals surface area contributed by atoms with Gasteiger partial charge in [-0.05, 0) is 61.9 Å². The maximum atomic E-state index is 13.5. The molecule has 7 fully saturated rings. The lowest BCUT2D eigenvalue weighted by Gasteiger charge is -2.70. The molecular formula is C19H26N2O2. The number of Topliss-reactive ketones (excluding diaryl/α,β-unsaturated/α-hetero) is 1. The number of amides is 1. The maximum absolute atomic E-state index is 13.5. The molecule has 0 N–H and O–H groups in total. The molecule has 4 bridgehead atoms. The van der Waals surface area contributed by atoms with E-state index in [9.17, 15) is 9.59 Å². The first-order valence-electron chi connectivity index (χ1n) is 9.76. The van der Waals surface area contributed by atoms with Crippen molar-refractivity contribution in [2.75, 3.05) is 32.7 Å². The fourth-order valence-electron chi connectivity index (χ4n) is 8.38. The second-order valence-electron chi connectivity index (χ2n) is 9.02. The van der Waals surface area contributed by atoms with Gasteiger partial charge in [-0.2, -0.15) is 0 Å². The van der Waals surface area contributed by atoms with Crippen molar-refractivity contribution in [3.05, 3.63) is 0 Å². The monoisotopic (exact) mass is 314 g/mol. The minimum Gasteiger partial charge on any atom is -0.341 e. The van der Waals surface area contributed by atoms with E-state index in [1.807, 2.05) is 0 Å². The van der Waals surface area contributed by atoms with E-state index in [0.29, 0.717) is 41.3 Å². The predicted octanol–water partition coefficient (Wildman–Crippen LogP) is 1.26. The Morgan fingerprint density at radius 3 is 2.83 bits per heavy atom. The highest BCUT2D eigenvalue weighted by Crippen LogP contribution is 2.92. The standard InChI is InChI=1S/C19H26N2O2/c1-2-4-20-5-3-6-21(8-7-20)18(23)19-14-11-9-10-12(14)16(19)17(22)13(10)15(11)19/h10-16H,2-9H2,1H3/t10-,11+,12+,13-,14+,15-,16+,19-/m0/s1. The number of ketones is 1. The van der Waals surface area contributed by atoms with Crippen molar-refractivity contribution in [2.24, 2.45) is 46.8 Å². The van der Waals surface area contributed by atoms with Gasteiger partial charge in [-0.15, -0.1) is 0 Å². The zero-order valence-corrected chi connectivity index (χ0v) is 13.9. The van der Waals surface area contributed by atoms with Gasteiger partial charge in [-0.1, -0.05) is 6.92 Å². The van der Waals surface area contributed by atoms with Gasteiger partial charge >= 0.3 is 0 Å². The number of carbonyl (C=O) groups is 2. The van der Waals surface area contributed by atoms with Gasteiger partial charge in [0.05, 0.1) is 5.41 Å². The average Bonchev–Trinajstić information content (AvgIpc) is 2.94. The molecule has 7 aliphatic rings. The first-order valence-corrected chi connectivity index (χ1v) is 9.76. The molecule has 0 radical (unpaired) electrons. The van der Waals surface area contributed by atoms with Crippen LogP contribution in [0.1, 0.15) is 26.2 Å². The fraction of sp³-hybridized carbons (Fsp3) is 0.895. The minimum atomic E-state index is -0.190. The molecule has 1 amide bonds. The fourth-order valence-corrected chi connectivity index (χ4v) is 8.38. The summed E-state index contributed by atoms with van der Waals surface area (Å²) >= 11 is 0. The van der Waals surface area contributed by atoms with Gasteiger partial charge < -0.3 is 9.80 Å². The summed E-state index contributed by atoms with van der Waals surface area (Å²) < 4.78 is 0. The first-order chi connectivity index (χ1) is 11.2. The molecular weight excluding hydrogens is 288 g/mol. The zero-order valence-electron chi connectivity index (χ0n) is 13.9. The Bertz CT molecular complexity index is 618. The Hall–Kier alpha value is -0.900. The first kappa shape index (κ1) is 13.4. The lowest BCUT2D eigenvalue weighted by Crippen LogP contribution is -2.75. The summed E-state index contributed by atoms with van der Waals surface area (Å²) in [6.45, 7) is 7.29. The Morgan fingerprint density at radius 1 is 1.17 bits per heavy atom. The number of rotatable bonds is 3. The summed E-state index contributed by atoms with van der Waals surface area (Å²) in [6.07, 6.45) is 3.55. The second-order valence-corrected chi connectivity index (χ2v) is 9.02. The van der Waals surface area contributed by atoms with Gasteiger partial charge in [0, 0.05) is 31.5 Å². The van der Waals surface area contributed by atoms with Gasteiger partial charge in [0.15, 0.2) is 0 Å². The largest absolute Gasteiger partial charge is 0.341 e. The van der Waals surface area contributed by atoms with Gasteiger partial charge in [0.2, 0.25) is 5.91 Å². The van der Waals surface area contributed by atoms with Gasteiger partial charge in [0.25, 0.3) is 0 Å². The molecule has 0 spiro atoms. The molecule has 0 aromatic carbocycles. The third kappa shape index (κ3) is 1.17. The van der Waals surface area contributed by atoms with Crippen LogP contribution in [0.3, 0.4) is 0 Å². The summed E-state index contributed by atoms with van der Waals surface area (Å²) in [5.74, 6) is 4.44. The van der Waals surface area contributed by atoms with Crippen LogP contribution in [0, 0.1) is 46.8 Å². The van der Waals surface area contributed by atoms with Crippen molar-refractivity contribution in [2.45, 2.75) is 26.2 Å². The molecule has 1 aliphatic heterocycles. The van der Waals surface area contributed by atoms with Crippen LogP contribution in [-0.2, 0) is 9.59 Å². The zero-order chi connectivity index (χ0) is 15.5. The van der Waals surface area contributed by atoms with Crippen LogP contribution < -0.4 is 0 Å². The van der Waals surface area contributed by atoms with Crippen LogP contribution in [0.2, 0.25) is 0 Å². The van der Waals surface area contributed by atoms with Crippen LogP contribution in [-0.4, -0.2) is 54.2 Å². The average molecular weight is 314 g/mol. The third-order valence-corrected chi connectivity index (χ3v) is 8.65. The molecule has 4 heteroatoms. The summed E-state index contributed by atoms with van der Waals surface area (Å²) in [7, 11) is 0.